The molecule has 1 atom stereocenters. The summed E-state index contributed by atoms with van der Waals surface area (Å²) in [5.41, 5.74) is 1.43. The Kier molecular flexibility index (Phi) is 8.02. The number of ether oxygens (including phenoxy) is 1. The van der Waals surface area contributed by atoms with Gasteiger partial charge < -0.3 is 15.4 Å². The minimum Gasteiger partial charge on any atom is -0.496 e. The lowest BCUT2D eigenvalue weighted by Gasteiger charge is -2.19. The molecule has 138 valence electrons. The van der Waals surface area contributed by atoms with E-state index in [1.54, 1.807) is 43.1 Å². The predicted molar refractivity (Wildman–Crippen MR) is 106 cm³/mol. The summed E-state index contributed by atoms with van der Waals surface area (Å²) in [6, 6.07) is 15.9. The molecule has 5 nitrogen and oxygen atoms in total. The van der Waals surface area contributed by atoms with Crippen LogP contribution >= 0.6 is 11.8 Å². The van der Waals surface area contributed by atoms with E-state index in [0.717, 1.165) is 17.1 Å². The van der Waals surface area contributed by atoms with Gasteiger partial charge >= 0.3 is 0 Å². The number of carbonyl (C=O) groups excluding carboxylic acids is 2. The first-order valence-corrected chi connectivity index (χ1v) is 9.79. The van der Waals surface area contributed by atoms with E-state index in [0.29, 0.717) is 18.5 Å². The van der Waals surface area contributed by atoms with Crippen molar-refractivity contribution in [3.63, 3.8) is 0 Å². The predicted octanol–water partition coefficient (Wildman–Crippen LogP) is 2.86. The van der Waals surface area contributed by atoms with Crippen LogP contribution in [0, 0.1) is 0 Å². The van der Waals surface area contributed by atoms with E-state index in [-0.39, 0.29) is 11.8 Å². The van der Waals surface area contributed by atoms with Crippen LogP contribution in [-0.2, 0) is 11.3 Å². The lowest BCUT2D eigenvalue weighted by atomic mass is 10.1. The first kappa shape index (κ1) is 19.8. The van der Waals surface area contributed by atoms with Gasteiger partial charge in [-0.1, -0.05) is 36.4 Å². The second kappa shape index (κ2) is 10.5. The van der Waals surface area contributed by atoms with E-state index in [9.17, 15) is 9.59 Å². The zero-order valence-corrected chi connectivity index (χ0v) is 15.8. The third-order valence-electron chi connectivity index (χ3n) is 3.91. The van der Waals surface area contributed by atoms with Crippen molar-refractivity contribution in [2.24, 2.45) is 0 Å². The average Bonchev–Trinajstić information content (AvgIpc) is 2.69. The second-order valence-electron chi connectivity index (χ2n) is 5.70. The van der Waals surface area contributed by atoms with Crippen LogP contribution in [0.2, 0.25) is 0 Å². The molecule has 6 heteroatoms. The zero-order chi connectivity index (χ0) is 18.8. The summed E-state index contributed by atoms with van der Waals surface area (Å²) in [7, 11) is 1.60. The molecule has 2 N–H and O–H groups in total. The maximum absolute atomic E-state index is 12.6. The highest BCUT2D eigenvalue weighted by atomic mass is 32.2. The summed E-state index contributed by atoms with van der Waals surface area (Å²) in [5, 5.41) is 5.73. The van der Waals surface area contributed by atoms with Crippen molar-refractivity contribution in [3.8, 4) is 5.75 Å². The number of thioether (sulfide) groups is 1. The van der Waals surface area contributed by atoms with Crippen LogP contribution in [0.3, 0.4) is 0 Å². The summed E-state index contributed by atoms with van der Waals surface area (Å²) in [6.07, 6.45) is 2.54. The fourth-order valence-electron chi connectivity index (χ4n) is 2.49. The van der Waals surface area contributed by atoms with Gasteiger partial charge in [-0.3, -0.25) is 9.59 Å². The van der Waals surface area contributed by atoms with Crippen LogP contribution in [0.5, 0.6) is 5.75 Å². The third-order valence-corrected chi connectivity index (χ3v) is 4.56. The SMILES string of the molecule is COc1ccccc1CNC(=O)C(CCSC)NC(=O)c1ccccc1. The van der Waals surface area contributed by atoms with Crippen LogP contribution < -0.4 is 15.4 Å². The number of hydrogen-bond donors (Lipinski definition) is 2. The second-order valence-corrected chi connectivity index (χ2v) is 6.69. The number of nitrogens with one attached hydrogen (secondary N) is 2. The van der Waals surface area contributed by atoms with Crippen molar-refractivity contribution in [3.05, 3.63) is 65.7 Å². The normalized spacial score (nSPS) is 11.5. The lowest BCUT2D eigenvalue weighted by molar-refractivity contribution is -0.123. The quantitative estimate of drug-likeness (QED) is 0.710. The Morgan fingerprint density at radius 3 is 2.46 bits per heavy atom. The van der Waals surface area contributed by atoms with Gasteiger partial charge in [-0.2, -0.15) is 11.8 Å². The number of rotatable bonds is 9. The monoisotopic (exact) mass is 372 g/mol. The molecule has 0 radical (unpaired) electrons. The summed E-state index contributed by atoms with van der Waals surface area (Å²) < 4.78 is 5.30. The zero-order valence-electron chi connectivity index (χ0n) is 15.0. The molecule has 0 aliphatic carbocycles. The molecule has 2 aromatic carbocycles. The summed E-state index contributed by atoms with van der Waals surface area (Å²) in [5.74, 6) is 1.06. The van der Waals surface area contributed by atoms with Crippen LogP contribution in [-0.4, -0.2) is 37.0 Å². The Hall–Kier alpha value is -2.47. The average molecular weight is 372 g/mol. The van der Waals surface area contributed by atoms with Gasteiger partial charge in [-0.25, -0.2) is 0 Å². The molecule has 0 heterocycles. The fraction of sp³-hybridized carbons (Fsp3) is 0.300. The maximum atomic E-state index is 12.6. The summed E-state index contributed by atoms with van der Waals surface area (Å²) >= 11 is 1.64. The summed E-state index contributed by atoms with van der Waals surface area (Å²) in [4.78, 5) is 25.0. The number of amides is 2. The van der Waals surface area contributed by atoms with Gasteiger partial charge in [-0.05, 0) is 36.6 Å². The third kappa shape index (κ3) is 5.81. The highest BCUT2D eigenvalue weighted by Gasteiger charge is 2.21. The number of methoxy groups -OCH3 is 1. The van der Waals surface area contributed by atoms with E-state index in [1.165, 1.54) is 0 Å². The van der Waals surface area contributed by atoms with Crippen molar-refractivity contribution in [1.82, 2.24) is 10.6 Å². The standard InChI is InChI=1S/C20H24N2O3S/c1-25-18-11-7-6-10-16(18)14-21-20(24)17(12-13-26-2)22-19(23)15-8-4-3-5-9-15/h3-11,17H,12-14H2,1-2H3,(H,21,24)(H,22,23). The van der Waals surface area contributed by atoms with Crippen molar-refractivity contribution in [2.45, 2.75) is 19.0 Å². The number of hydrogen-bond acceptors (Lipinski definition) is 4. The molecule has 0 spiro atoms. The Labute approximate surface area is 158 Å². The van der Waals surface area contributed by atoms with Crippen molar-refractivity contribution in [2.75, 3.05) is 19.1 Å². The van der Waals surface area contributed by atoms with E-state index in [2.05, 4.69) is 10.6 Å². The van der Waals surface area contributed by atoms with Gasteiger partial charge in [0.15, 0.2) is 0 Å². The molecule has 2 amide bonds. The van der Waals surface area contributed by atoms with Crippen LogP contribution in [0.25, 0.3) is 0 Å². The molecule has 2 rings (SSSR count). The maximum Gasteiger partial charge on any atom is 0.251 e. The summed E-state index contributed by atoms with van der Waals surface area (Å²) in [6.45, 7) is 0.347. The molecule has 0 aromatic heterocycles. The van der Waals surface area contributed by atoms with Gasteiger partial charge in [-0.15, -0.1) is 0 Å². The highest BCUT2D eigenvalue weighted by Crippen LogP contribution is 2.16. The van der Waals surface area contributed by atoms with Gasteiger partial charge in [0, 0.05) is 17.7 Å². The molecule has 0 aliphatic heterocycles. The molecule has 0 saturated heterocycles. The lowest BCUT2D eigenvalue weighted by Crippen LogP contribution is -2.46. The van der Waals surface area contributed by atoms with Crippen LogP contribution in [0.15, 0.2) is 54.6 Å². The van der Waals surface area contributed by atoms with E-state index in [1.807, 2.05) is 36.6 Å². The number of para-hydroxylation sites is 1. The minimum absolute atomic E-state index is 0.200. The van der Waals surface area contributed by atoms with Crippen LogP contribution in [0.4, 0.5) is 0 Å². The Morgan fingerprint density at radius 2 is 1.77 bits per heavy atom. The molecule has 0 aliphatic rings. The van der Waals surface area contributed by atoms with Crippen molar-refractivity contribution < 1.29 is 14.3 Å². The fourth-order valence-corrected chi connectivity index (χ4v) is 2.96. The molecular formula is C20H24N2O3S. The van der Waals surface area contributed by atoms with Gasteiger partial charge in [0.25, 0.3) is 5.91 Å². The molecular weight excluding hydrogens is 348 g/mol. The highest BCUT2D eigenvalue weighted by molar-refractivity contribution is 7.98. The van der Waals surface area contributed by atoms with Crippen molar-refractivity contribution >= 4 is 23.6 Å². The van der Waals surface area contributed by atoms with Gasteiger partial charge in [0.2, 0.25) is 5.91 Å². The van der Waals surface area contributed by atoms with E-state index >= 15 is 0 Å². The van der Waals surface area contributed by atoms with E-state index < -0.39 is 6.04 Å². The van der Waals surface area contributed by atoms with Crippen LogP contribution in [0.1, 0.15) is 22.3 Å². The molecule has 0 bridgehead atoms. The number of benzene rings is 2. The minimum atomic E-state index is -0.579. The smallest absolute Gasteiger partial charge is 0.251 e. The largest absolute Gasteiger partial charge is 0.496 e. The first-order valence-electron chi connectivity index (χ1n) is 8.40. The number of carbonyl (C=O) groups is 2. The molecule has 0 fully saturated rings. The van der Waals surface area contributed by atoms with Crippen molar-refractivity contribution in [1.29, 1.82) is 0 Å². The van der Waals surface area contributed by atoms with Gasteiger partial charge in [0.05, 0.1) is 7.11 Å². The van der Waals surface area contributed by atoms with E-state index in [4.69, 9.17) is 4.74 Å². The van der Waals surface area contributed by atoms with Gasteiger partial charge in [0.1, 0.15) is 11.8 Å². The molecule has 26 heavy (non-hydrogen) atoms. The first-order chi connectivity index (χ1) is 12.7. The topological polar surface area (TPSA) is 67.4 Å². The Balaban J connectivity index is 2.00. The Bertz CT molecular complexity index is 722. The Morgan fingerprint density at radius 1 is 1.08 bits per heavy atom. The molecule has 2 aromatic rings. The molecule has 0 saturated carbocycles. The molecule has 1 unspecified atom stereocenters.